The molecular formula is C20H21F3N8O. The van der Waals surface area contributed by atoms with Crippen LogP contribution in [0.15, 0.2) is 36.9 Å². The van der Waals surface area contributed by atoms with E-state index in [1.165, 1.54) is 4.80 Å². The molecule has 1 aliphatic carbocycles. The first kappa shape index (κ1) is 20.8. The van der Waals surface area contributed by atoms with Crippen LogP contribution >= 0.6 is 0 Å². The van der Waals surface area contributed by atoms with Gasteiger partial charge in [-0.1, -0.05) is 0 Å². The van der Waals surface area contributed by atoms with Crippen molar-refractivity contribution in [3.8, 4) is 5.69 Å². The molecular weight excluding hydrogens is 425 g/mol. The summed E-state index contributed by atoms with van der Waals surface area (Å²) < 4.78 is 38.2. The lowest BCUT2D eigenvalue weighted by molar-refractivity contribution is -0.141. The number of halogens is 3. The van der Waals surface area contributed by atoms with Gasteiger partial charge in [0.15, 0.2) is 11.9 Å². The maximum atomic E-state index is 12.7. The van der Waals surface area contributed by atoms with Gasteiger partial charge in [0.05, 0.1) is 24.8 Å². The Labute approximate surface area is 181 Å². The molecule has 2 fully saturated rings. The smallest absolute Gasteiger partial charge is 0.372 e. The van der Waals surface area contributed by atoms with Crippen LogP contribution in [0.3, 0.4) is 0 Å². The third-order valence-electron chi connectivity index (χ3n) is 6.03. The third kappa shape index (κ3) is 3.79. The average Bonchev–Trinajstić information content (AvgIpc) is 3.50. The molecule has 5 rings (SSSR count). The molecule has 3 aromatic rings. The highest BCUT2D eigenvalue weighted by Gasteiger charge is 2.48. The fourth-order valence-corrected chi connectivity index (χ4v) is 4.67. The van der Waals surface area contributed by atoms with Crippen molar-refractivity contribution >= 4 is 5.82 Å². The van der Waals surface area contributed by atoms with E-state index in [0.29, 0.717) is 23.8 Å². The van der Waals surface area contributed by atoms with E-state index < -0.39 is 18.1 Å². The fraction of sp³-hybridized carbons (Fsp3) is 0.450. The summed E-state index contributed by atoms with van der Waals surface area (Å²) in [6, 6.07) is 3.55. The summed E-state index contributed by atoms with van der Waals surface area (Å²) in [5.74, 6) is 0.630. The Balaban J connectivity index is 1.36. The predicted octanol–water partition coefficient (Wildman–Crippen LogP) is 2.35. The van der Waals surface area contributed by atoms with Crippen LogP contribution in [-0.4, -0.2) is 58.6 Å². The van der Waals surface area contributed by atoms with Crippen LogP contribution in [0.25, 0.3) is 5.69 Å². The zero-order valence-electron chi connectivity index (χ0n) is 17.1. The van der Waals surface area contributed by atoms with Crippen LogP contribution in [-0.2, 0) is 6.18 Å². The summed E-state index contributed by atoms with van der Waals surface area (Å²) in [6.07, 6.45) is 1.13. The number of pyridine rings is 1. The van der Waals surface area contributed by atoms with E-state index in [1.807, 2.05) is 24.0 Å². The number of rotatable bonds is 5. The molecule has 2 N–H and O–H groups in total. The Morgan fingerprint density at radius 1 is 1.12 bits per heavy atom. The van der Waals surface area contributed by atoms with Crippen LogP contribution in [0.4, 0.5) is 19.0 Å². The van der Waals surface area contributed by atoms with E-state index in [2.05, 4.69) is 30.5 Å². The molecule has 1 saturated heterocycles. The molecule has 0 amide bonds. The Bertz CT molecular complexity index is 1090. The quantitative estimate of drug-likeness (QED) is 0.616. The van der Waals surface area contributed by atoms with Gasteiger partial charge in [-0.25, -0.2) is 9.97 Å². The molecule has 0 aromatic carbocycles. The second-order valence-corrected chi connectivity index (χ2v) is 8.19. The van der Waals surface area contributed by atoms with Gasteiger partial charge in [0.2, 0.25) is 0 Å². The summed E-state index contributed by atoms with van der Waals surface area (Å²) in [4.78, 5) is 15.3. The van der Waals surface area contributed by atoms with E-state index in [1.54, 1.807) is 12.4 Å². The standard InChI is InChI=1S/C20H21F3N8O/c1-11-2-3-14(31-26-4-5-27-31)18(28-11)19(32)30-10-12-6-13(15(30)7-12)29-17-9-24-16(8-25-17)20(21,22)23/h2-5,8-9,12-13,15,19,32H,6-7,10H2,1H3,(H,25,29). The summed E-state index contributed by atoms with van der Waals surface area (Å²) in [5.41, 5.74) is 0.781. The molecule has 168 valence electrons. The minimum Gasteiger partial charge on any atom is -0.372 e. The minimum atomic E-state index is -4.53. The monoisotopic (exact) mass is 446 g/mol. The van der Waals surface area contributed by atoms with Gasteiger partial charge in [0.1, 0.15) is 17.2 Å². The Hall–Kier alpha value is -3.12. The maximum Gasteiger partial charge on any atom is 0.434 e. The Kier molecular flexibility index (Phi) is 5.05. The van der Waals surface area contributed by atoms with Gasteiger partial charge in [0.25, 0.3) is 0 Å². The van der Waals surface area contributed by atoms with Crippen LogP contribution < -0.4 is 5.32 Å². The fourth-order valence-electron chi connectivity index (χ4n) is 4.67. The number of nitrogens with zero attached hydrogens (tertiary/aromatic N) is 7. The number of anilines is 1. The molecule has 9 nitrogen and oxygen atoms in total. The van der Waals surface area contributed by atoms with Crippen LogP contribution in [0, 0.1) is 12.8 Å². The lowest BCUT2D eigenvalue weighted by atomic mass is 10.0. The van der Waals surface area contributed by atoms with E-state index in [0.717, 1.165) is 30.9 Å². The first-order valence-corrected chi connectivity index (χ1v) is 10.2. The van der Waals surface area contributed by atoms with Crippen LogP contribution in [0.1, 0.15) is 36.2 Å². The number of likely N-dealkylation sites (tertiary alicyclic amines) is 1. The zero-order valence-corrected chi connectivity index (χ0v) is 17.1. The van der Waals surface area contributed by atoms with Crippen molar-refractivity contribution in [3.63, 3.8) is 0 Å². The lowest BCUT2D eigenvalue weighted by Crippen LogP contribution is -2.47. The minimum absolute atomic E-state index is 0.0279. The van der Waals surface area contributed by atoms with Gasteiger partial charge >= 0.3 is 6.18 Å². The molecule has 0 radical (unpaired) electrons. The maximum absolute atomic E-state index is 12.7. The van der Waals surface area contributed by atoms with Crippen molar-refractivity contribution in [2.24, 2.45) is 5.92 Å². The van der Waals surface area contributed by atoms with Crippen molar-refractivity contribution in [3.05, 3.63) is 54.0 Å². The molecule has 1 aliphatic heterocycles. The second-order valence-electron chi connectivity index (χ2n) is 8.19. The lowest BCUT2D eigenvalue weighted by Gasteiger charge is -2.37. The molecule has 2 aliphatic rings. The SMILES string of the molecule is Cc1ccc(-n2nccn2)c(C(O)N2CC3CC(Nc4cnc(C(F)(F)F)cn4)C2C3)n1. The largest absolute Gasteiger partial charge is 0.434 e. The number of aliphatic hydroxyl groups is 1. The highest BCUT2D eigenvalue weighted by Crippen LogP contribution is 2.43. The molecule has 2 bridgehead atoms. The van der Waals surface area contributed by atoms with E-state index in [-0.39, 0.29) is 17.9 Å². The van der Waals surface area contributed by atoms with Crippen molar-refractivity contribution in [1.82, 2.24) is 34.8 Å². The number of aromatic nitrogens is 6. The zero-order chi connectivity index (χ0) is 22.5. The van der Waals surface area contributed by atoms with Gasteiger partial charge in [-0.05, 0) is 37.8 Å². The average molecular weight is 446 g/mol. The Morgan fingerprint density at radius 3 is 2.56 bits per heavy atom. The van der Waals surface area contributed by atoms with E-state index >= 15 is 0 Å². The summed E-state index contributed by atoms with van der Waals surface area (Å²) in [6.45, 7) is 2.55. The van der Waals surface area contributed by atoms with Gasteiger partial charge < -0.3 is 10.4 Å². The predicted molar refractivity (Wildman–Crippen MR) is 107 cm³/mol. The topological polar surface area (TPSA) is 105 Å². The van der Waals surface area contributed by atoms with Crippen molar-refractivity contribution < 1.29 is 18.3 Å². The molecule has 1 saturated carbocycles. The Morgan fingerprint density at radius 2 is 1.91 bits per heavy atom. The van der Waals surface area contributed by atoms with Gasteiger partial charge in [0, 0.05) is 24.3 Å². The highest BCUT2D eigenvalue weighted by atomic mass is 19.4. The third-order valence-corrected chi connectivity index (χ3v) is 6.03. The van der Waals surface area contributed by atoms with E-state index in [4.69, 9.17) is 0 Å². The number of alkyl halides is 3. The highest BCUT2D eigenvalue weighted by molar-refractivity contribution is 5.38. The molecule has 4 heterocycles. The molecule has 12 heteroatoms. The number of fused-ring (bicyclic) bond motifs is 2. The number of hydrogen-bond acceptors (Lipinski definition) is 8. The van der Waals surface area contributed by atoms with Crippen LogP contribution in [0.2, 0.25) is 0 Å². The van der Waals surface area contributed by atoms with E-state index in [9.17, 15) is 18.3 Å². The molecule has 3 aromatic heterocycles. The van der Waals surface area contributed by atoms with Crippen molar-refractivity contribution in [2.45, 2.75) is 44.3 Å². The summed E-state index contributed by atoms with van der Waals surface area (Å²) in [7, 11) is 0. The number of nitrogens with one attached hydrogen (secondary N) is 1. The molecule has 32 heavy (non-hydrogen) atoms. The second kappa shape index (κ2) is 7.78. The number of piperidine rings is 1. The number of aliphatic hydroxyl groups excluding tert-OH is 1. The number of aryl methyl sites for hydroxylation is 1. The molecule has 0 spiro atoms. The van der Waals surface area contributed by atoms with Gasteiger partial charge in [-0.15, -0.1) is 4.80 Å². The normalized spacial score (nSPS) is 24.1. The molecule has 4 atom stereocenters. The summed E-state index contributed by atoms with van der Waals surface area (Å²) in [5, 5.41) is 22.8. The van der Waals surface area contributed by atoms with Crippen molar-refractivity contribution in [2.75, 3.05) is 11.9 Å². The van der Waals surface area contributed by atoms with Gasteiger partial charge in [-0.2, -0.15) is 23.4 Å². The van der Waals surface area contributed by atoms with Crippen LogP contribution in [0.5, 0.6) is 0 Å². The summed E-state index contributed by atoms with van der Waals surface area (Å²) >= 11 is 0. The van der Waals surface area contributed by atoms with Crippen molar-refractivity contribution in [1.29, 1.82) is 0 Å². The molecule has 4 unspecified atom stereocenters. The first-order chi connectivity index (χ1) is 15.3. The number of hydrogen-bond donors (Lipinski definition) is 2. The first-order valence-electron chi connectivity index (χ1n) is 10.2. The van der Waals surface area contributed by atoms with Gasteiger partial charge in [-0.3, -0.25) is 9.88 Å².